The number of rotatable bonds is 46. The zero-order chi connectivity index (χ0) is 95.8. The number of nitrogens with zero attached hydrogens (tertiary/aromatic N) is 3. The Balaban J connectivity index is 0.873. The van der Waals surface area contributed by atoms with Gasteiger partial charge in [0, 0.05) is 35.5 Å². The molecule has 6 saturated heterocycles. The summed E-state index contributed by atoms with van der Waals surface area (Å²) in [5.74, 6) is -2.71. The number of ether oxygens (including phenoxy) is 18. The molecule has 13 rings (SSSR count). The number of carbonyl (C=O) groups is 1. The molecule has 7 fully saturated rings. The summed E-state index contributed by atoms with van der Waals surface area (Å²) in [5, 5.41) is 7.88. The van der Waals surface area contributed by atoms with Crippen LogP contribution in [0, 0.1) is 71.0 Å². The van der Waals surface area contributed by atoms with Gasteiger partial charge in [-0.15, -0.1) is 0 Å². The summed E-state index contributed by atoms with van der Waals surface area (Å²) in [6.07, 6.45) is -13.5. The molecule has 135 heavy (non-hydrogen) atoms. The van der Waals surface area contributed by atoms with Crippen molar-refractivity contribution in [2.45, 2.75) is 350 Å². The van der Waals surface area contributed by atoms with Crippen LogP contribution >= 0.6 is 7.82 Å². The Morgan fingerprint density at radius 2 is 0.719 bits per heavy atom. The van der Waals surface area contributed by atoms with Gasteiger partial charge in [-0.05, 0) is 112 Å². The number of hydrogen-bond acceptors (Lipinski definition) is 23. The van der Waals surface area contributed by atoms with Crippen LogP contribution in [-0.4, -0.2) is 185 Å². The molecule has 27 nitrogen and oxygen atoms in total. The van der Waals surface area contributed by atoms with Crippen LogP contribution in [0.5, 0.6) is 0 Å². The zero-order valence-corrected chi connectivity index (χ0v) is 83.2. The van der Waals surface area contributed by atoms with Crippen molar-refractivity contribution < 1.29 is 109 Å². The number of phosphoric ester groups is 1. The lowest BCUT2D eigenvalue weighted by atomic mass is 9.78. The van der Waals surface area contributed by atoms with E-state index in [1.54, 1.807) is 0 Å². The molecule has 6 heterocycles. The SMILES string of the molecule is CCCCCCOP(=O)(O)O[C@@H]1C(OCc2ccccc2)[C@H](OCc2ccccc2)C(OCc2ccccc2)C(C)[C@H]1O[C@H]1OC(COCc2ccccc2)[C@@H](O[C@H]2OC(CO[C@H]3OC(CC)[C@@H](C)[C@H](C)C3O[C@H]3OC(CC)[C@@H](C)[C@H](C)C3OCc3ccccc3)[C@@H](O[C@@H]3OC(COCc4ccccc4)[C@H](O[C@H]4OC(CC)[C@@H](C)[C@H](C)C4C)[C@H](C)C3NC(C)=O)[C@H](C)C2C)[C@H](C)C1N=[N+]=[N-]. The molecule has 16 unspecified atom stereocenters. The average Bonchev–Trinajstić information content (AvgIpc) is 0.749. The average molecular weight is 1890 g/mol. The minimum Gasteiger partial charge on any atom is -0.374 e. The van der Waals surface area contributed by atoms with Gasteiger partial charge in [0.25, 0.3) is 0 Å². The number of hydrogen-bond donors (Lipinski definition) is 2. The van der Waals surface area contributed by atoms with E-state index in [2.05, 4.69) is 117 Å². The van der Waals surface area contributed by atoms with Gasteiger partial charge >= 0.3 is 7.82 Å². The molecular formula is C107H153N4O23P. The van der Waals surface area contributed by atoms with Crippen molar-refractivity contribution in [2.24, 2.45) is 76.1 Å². The van der Waals surface area contributed by atoms with E-state index in [9.17, 15) is 15.2 Å². The summed E-state index contributed by atoms with van der Waals surface area (Å²) in [7, 11) is -5.02. The fraction of sp³-hybridized carbons (Fsp3) is 0.654. The zero-order valence-electron chi connectivity index (χ0n) is 82.3. The Morgan fingerprint density at radius 3 is 1.19 bits per heavy atom. The summed E-state index contributed by atoms with van der Waals surface area (Å²) < 4.78 is 158. The maximum atomic E-state index is 15.0. The minimum atomic E-state index is -5.02. The van der Waals surface area contributed by atoms with E-state index in [0.717, 1.165) is 65.5 Å². The summed E-state index contributed by atoms with van der Waals surface area (Å²) in [4.78, 5) is 29.8. The first-order valence-electron chi connectivity index (χ1n) is 49.9. The van der Waals surface area contributed by atoms with Gasteiger partial charge in [0.2, 0.25) is 5.91 Å². The van der Waals surface area contributed by atoms with E-state index in [4.69, 9.17) is 94.3 Å². The van der Waals surface area contributed by atoms with Crippen molar-refractivity contribution in [1.29, 1.82) is 0 Å². The van der Waals surface area contributed by atoms with E-state index in [-0.39, 0.29) is 125 Å². The highest BCUT2D eigenvalue weighted by Gasteiger charge is 2.60. The predicted molar refractivity (Wildman–Crippen MR) is 511 cm³/mol. The van der Waals surface area contributed by atoms with Gasteiger partial charge in [-0.2, -0.15) is 0 Å². The summed E-state index contributed by atoms with van der Waals surface area (Å²) in [5.41, 5.74) is 16.5. The number of azide groups is 1. The van der Waals surface area contributed by atoms with Crippen LogP contribution < -0.4 is 5.32 Å². The van der Waals surface area contributed by atoms with Gasteiger partial charge in [-0.25, -0.2) is 4.57 Å². The molecule has 1 saturated carbocycles. The Morgan fingerprint density at radius 1 is 0.356 bits per heavy atom. The van der Waals surface area contributed by atoms with Crippen molar-refractivity contribution in [2.75, 3.05) is 26.4 Å². The van der Waals surface area contributed by atoms with E-state index >= 15 is 4.57 Å². The number of amides is 1. The van der Waals surface area contributed by atoms with Gasteiger partial charge in [-0.1, -0.05) is 317 Å². The largest absolute Gasteiger partial charge is 0.472 e. The van der Waals surface area contributed by atoms with Crippen molar-refractivity contribution in [1.82, 2.24) is 5.32 Å². The Hall–Kier alpha value is -6.51. The lowest BCUT2D eigenvalue weighted by Crippen LogP contribution is -2.66. The molecule has 0 bridgehead atoms. The standard InChI is InChI=1S/C107H153N4O23P/c1-18-22-23-42-55-122-135(113,114)134-101-96(76(16)95(117-58-80-47-34-26-35-48-80)99(119-60-82-51-38-28-39-52-82)100(101)120-61-83-53-40-29-41-54-83)132-105-91(110-111-108)75(15)94(88(128-105)63-116-57-79-45-32-25-33-46-79)130-103-73(13)71(11)92(131-104-90(109-77(17)112)74(14)93(87(127-104)62-115-56-78-43-30-24-31-44-78)129-102-72(12)65(5)66(6)84(19-2)123-102)89(126-103)64-121-106-98(70(10)68(8)85(20-3)124-106)133-107-97(69(9)67(7)86(21-4)125-107)118-59-81-49-36-27-37-50-81/h24-41,43-54,65-76,84-107H,18-23,42,55-64H2,1-17H3,(H,109,112)(H,113,114)/t65-,66-,67-,68-,69-,70-,71+,72?,73?,74+,75+,76?,84?,85?,86?,87?,88?,89?,90?,91?,92-,93+,94-,95?,96+,97?,98?,99+,100?,101-,102+,103+,104-,105+,106-,107+/m0/s1. The molecule has 744 valence electrons. The first-order valence-corrected chi connectivity index (χ1v) is 51.4. The number of unbranched alkanes of at least 4 members (excludes halogenated alkanes) is 3. The van der Waals surface area contributed by atoms with E-state index in [0.29, 0.717) is 19.4 Å². The summed E-state index contributed by atoms with van der Waals surface area (Å²) >= 11 is 0. The lowest BCUT2D eigenvalue weighted by Gasteiger charge is -2.53. The summed E-state index contributed by atoms with van der Waals surface area (Å²) in [6.45, 7) is 36.4. The molecule has 0 aromatic heterocycles. The number of carbonyl (C=O) groups excluding carboxylic acids is 1. The number of phosphoric acid groups is 1. The highest BCUT2D eigenvalue weighted by molar-refractivity contribution is 7.47. The van der Waals surface area contributed by atoms with Gasteiger partial charge in [0.15, 0.2) is 37.7 Å². The fourth-order valence-corrected chi connectivity index (χ4v) is 21.7. The second kappa shape index (κ2) is 51.8. The quantitative estimate of drug-likeness (QED) is 0.0118. The van der Waals surface area contributed by atoms with E-state index < -0.39 is 167 Å². The Labute approximate surface area is 801 Å². The first kappa shape index (κ1) is 106. The highest BCUT2D eigenvalue weighted by atomic mass is 31.2. The monoisotopic (exact) mass is 1890 g/mol. The Bertz CT molecular complexity index is 4530. The van der Waals surface area contributed by atoms with Crippen LogP contribution in [-0.2, 0) is 143 Å². The number of benzene rings is 6. The lowest BCUT2D eigenvalue weighted by molar-refractivity contribution is -0.372. The molecule has 6 aromatic carbocycles. The van der Waals surface area contributed by atoms with Crippen molar-refractivity contribution in [3.05, 3.63) is 226 Å². The number of nitrogens with one attached hydrogen (secondary N) is 1. The van der Waals surface area contributed by atoms with Crippen LogP contribution in [0.1, 0.15) is 196 Å². The molecule has 37 atom stereocenters. The first-order chi connectivity index (χ1) is 65.3. The smallest absolute Gasteiger partial charge is 0.374 e. The van der Waals surface area contributed by atoms with E-state index in [1.807, 2.05) is 191 Å². The van der Waals surface area contributed by atoms with Gasteiger partial charge in [0.05, 0.1) is 127 Å². The summed E-state index contributed by atoms with van der Waals surface area (Å²) in [6, 6.07) is 57.0. The second-order valence-electron chi connectivity index (χ2n) is 39.0. The van der Waals surface area contributed by atoms with Gasteiger partial charge in [0.1, 0.15) is 48.8 Å². The molecule has 28 heteroatoms. The Kier molecular flexibility index (Phi) is 40.6. The van der Waals surface area contributed by atoms with Crippen molar-refractivity contribution in [3.8, 4) is 0 Å². The molecule has 1 amide bonds. The molecule has 0 radical (unpaired) electrons. The topological polar surface area (TPSA) is 300 Å². The molecule has 2 N–H and O–H groups in total. The van der Waals surface area contributed by atoms with E-state index in [1.165, 1.54) is 6.92 Å². The molecule has 7 aliphatic rings. The normalized spacial score (nSPS) is 36.6. The van der Waals surface area contributed by atoms with Crippen LogP contribution in [0.2, 0.25) is 0 Å². The highest BCUT2D eigenvalue weighted by Crippen LogP contribution is 2.52. The third-order valence-electron chi connectivity index (χ3n) is 29.9. The maximum absolute atomic E-state index is 15.0. The molecule has 6 aliphatic heterocycles. The van der Waals surface area contributed by atoms with Crippen LogP contribution in [0.3, 0.4) is 0 Å². The third-order valence-corrected chi connectivity index (χ3v) is 31.0. The van der Waals surface area contributed by atoms with Crippen molar-refractivity contribution >= 4 is 13.7 Å². The van der Waals surface area contributed by atoms with Crippen LogP contribution in [0.4, 0.5) is 0 Å². The third kappa shape index (κ3) is 27.9. The molecule has 6 aromatic rings. The van der Waals surface area contributed by atoms with Crippen molar-refractivity contribution in [3.63, 3.8) is 0 Å². The predicted octanol–water partition coefficient (Wildman–Crippen LogP) is 20.2. The van der Waals surface area contributed by atoms with Gasteiger partial charge < -0.3 is 95.5 Å². The molecule has 1 aliphatic carbocycles. The van der Waals surface area contributed by atoms with Gasteiger partial charge in [-0.3, -0.25) is 13.8 Å². The maximum Gasteiger partial charge on any atom is 0.472 e. The fourth-order valence-electron chi connectivity index (χ4n) is 20.7. The second-order valence-corrected chi connectivity index (χ2v) is 40.4. The minimum absolute atomic E-state index is 0.00568. The molecule has 0 spiro atoms. The van der Waals surface area contributed by atoms with Crippen LogP contribution in [0.25, 0.3) is 10.4 Å². The van der Waals surface area contributed by atoms with Crippen LogP contribution in [0.15, 0.2) is 187 Å². The molecular weight excluding hydrogens is 1740 g/mol.